The third-order valence-electron chi connectivity index (χ3n) is 4.53. The van der Waals surface area contributed by atoms with E-state index in [1.165, 1.54) is 11.1 Å². The molecule has 0 saturated heterocycles. The average molecular weight is 344 g/mol. The van der Waals surface area contributed by atoms with Crippen LogP contribution in [0.5, 0.6) is 0 Å². The lowest BCUT2D eigenvalue weighted by atomic mass is 10.1. The minimum Gasteiger partial charge on any atom is -0.330 e. The van der Waals surface area contributed by atoms with Gasteiger partial charge in [0.25, 0.3) is 0 Å². The summed E-state index contributed by atoms with van der Waals surface area (Å²) in [6, 6.07) is 8.44. The molecule has 2 aromatic rings. The number of carbonyl (C=O) groups is 1. The third-order valence-corrected chi connectivity index (χ3v) is 4.65. The van der Waals surface area contributed by atoms with E-state index in [1.807, 2.05) is 30.4 Å². The van der Waals surface area contributed by atoms with E-state index >= 15 is 0 Å². The Kier molecular flexibility index (Phi) is 5.05. The van der Waals surface area contributed by atoms with Crippen molar-refractivity contribution in [2.24, 2.45) is 7.05 Å². The van der Waals surface area contributed by atoms with Gasteiger partial charge in [0, 0.05) is 24.7 Å². The molecular formula is C19H22ClN3O. The molecule has 0 N–H and O–H groups in total. The molecule has 1 aromatic heterocycles. The highest BCUT2D eigenvalue weighted by Crippen LogP contribution is 2.36. The van der Waals surface area contributed by atoms with Crippen molar-refractivity contribution in [2.45, 2.75) is 31.7 Å². The fourth-order valence-electron chi connectivity index (χ4n) is 3.41. The largest absolute Gasteiger partial charge is 0.330 e. The molecule has 126 valence electrons. The monoisotopic (exact) mass is 343 g/mol. The van der Waals surface area contributed by atoms with E-state index in [0.717, 1.165) is 18.4 Å². The van der Waals surface area contributed by atoms with Gasteiger partial charge in [-0.15, -0.1) is 0 Å². The standard InChI is InChI=1S/C19H22ClN3O/c1-14(20)12-23(18-9-8-16-5-3-4-6-17(16)18)19(24)10-7-15-11-21-22(2)13-15/h3-6,11,13,18H,1,7-10,12H2,2H3/t18-/m0/s1. The van der Waals surface area contributed by atoms with Gasteiger partial charge in [0.2, 0.25) is 5.91 Å². The molecule has 1 heterocycles. The zero-order valence-electron chi connectivity index (χ0n) is 13.9. The Morgan fingerprint density at radius 2 is 2.25 bits per heavy atom. The number of hydrogen-bond acceptors (Lipinski definition) is 2. The van der Waals surface area contributed by atoms with Crippen molar-refractivity contribution < 1.29 is 4.79 Å². The topological polar surface area (TPSA) is 38.1 Å². The SMILES string of the molecule is C=C(Cl)CN(C(=O)CCc1cnn(C)c1)[C@H]1CCc2ccccc21. The highest BCUT2D eigenvalue weighted by molar-refractivity contribution is 6.29. The van der Waals surface area contributed by atoms with Gasteiger partial charge in [-0.3, -0.25) is 9.48 Å². The number of amides is 1. The summed E-state index contributed by atoms with van der Waals surface area (Å²) in [4.78, 5) is 14.7. The van der Waals surface area contributed by atoms with Gasteiger partial charge in [0.1, 0.15) is 0 Å². The second-order valence-corrected chi connectivity index (χ2v) is 6.85. The molecule has 1 aliphatic carbocycles. The Morgan fingerprint density at radius 3 is 2.96 bits per heavy atom. The van der Waals surface area contributed by atoms with Crippen LogP contribution in [0.2, 0.25) is 0 Å². The Bertz CT molecular complexity index is 753. The van der Waals surface area contributed by atoms with E-state index in [2.05, 4.69) is 29.9 Å². The first-order valence-electron chi connectivity index (χ1n) is 8.22. The summed E-state index contributed by atoms with van der Waals surface area (Å²) in [7, 11) is 1.88. The number of aromatic nitrogens is 2. The van der Waals surface area contributed by atoms with Gasteiger partial charge in [-0.05, 0) is 36.0 Å². The molecule has 1 aromatic carbocycles. The van der Waals surface area contributed by atoms with Crippen LogP contribution in [0.25, 0.3) is 0 Å². The van der Waals surface area contributed by atoms with Crippen molar-refractivity contribution in [1.29, 1.82) is 0 Å². The predicted octanol–water partition coefficient (Wildman–Crippen LogP) is 3.62. The number of rotatable bonds is 6. The summed E-state index contributed by atoms with van der Waals surface area (Å²) in [6.07, 6.45) is 6.84. The molecule has 0 saturated carbocycles. The van der Waals surface area contributed by atoms with Crippen LogP contribution in [0, 0.1) is 0 Å². The highest BCUT2D eigenvalue weighted by atomic mass is 35.5. The van der Waals surface area contributed by atoms with Crippen molar-refractivity contribution in [2.75, 3.05) is 6.54 Å². The smallest absolute Gasteiger partial charge is 0.223 e. The van der Waals surface area contributed by atoms with Crippen LogP contribution in [-0.4, -0.2) is 27.1 Å². The summed E-state index contributed by atoms with van der Waals surface area (Å²) < 4.78 is 1.76. The molecule has 0 fully saturated rings. The van der Waals surface area contributed by atoms with Crippen LogP contribution in [0.4, 0.5) is 0 Å². The number of aryl methyl sites for hydroxylation is 3. The lowest BCUT2D eigenvalue weighted by molar-refractivity contribution is -0.133. The number of hydrogen-bond donors (Lipinski definition) is 0. The molecule has 3 rings (SSSR count). The zero-order chi connectivity index (χ0) is 17.1. The molecule has 1 atom stereocenters. The quantitative estimate of drug-likeness (QED) is 0.803. The first kappa shape index (κ1) is 16.8. The van der Waals surface area contributed by atoms with Gasteiger partial charge >= 0.3 is 0 Å². The predicted molar refractivity (Wildman–Crippen MR) is 95.7 cm³/mol. The van der Waals surface area contributed by atoms with Crippen molar-refractivity contribution in [3.05, 3.63) is 65.0 Å². The van der Waals surface area contributed by atoms with Gasteiger partial charge in [0.05, 0.1) is 18.8 Å². The number of nitrogens with zero attached hydrogens (tertiary/aromatic N) is 3. The average Bonchev–Trinajstić information content (AvgIpc) is 3.16. The Hall–Kier alpha value is -2.07. The van der Waals surface area contributed by atoms with Crippen LogP contribution >= 0.6 is 11.6 Å². The highest BCUT2D eigenvalue weighted by Gasteiger charge is 2.30. The lowest BCUT2D eigenvalue weighted by Crippen LogP contribution is -2.35. The molecule has 4 nitrogen and oxygen atoms in total. The molecule has 0 spiro atoms. The van der Waals surface area contributed by atoms with Gasteiger partial charge < -0.3 is 4.90 Å². The van der Waals surface area contributed by atoms with Crippen molar-refractivity contribution in [1.82, 2.24) is 14.7 Å². The number of halogens is 1. The molecule has 1 aliphatic rings. The van der Waals surface area contributed by atoms with Gasteiger partial charge in [-0.2, -0.15) is 5.10 Å². The van der Waals surface area contributed by atoms with E-state index < -0.39 is 0 Å². The Morgan fingerprint density at radius 1 is 1.46 bits per heavy atom. The van der Waals surface area contributed by atoms with Crippen molar-refractivity contribution in [3.8, 4) is 0 Å². The van der Waals surface area contributed by atoms with Crippen LogP contribution < -0.4 is 0 Å². The van der Waals surface area contributed by atoms with Crippen LogP contribution in [0.1, 0.15) is 35.6 Å². The van der Waals surface area contributed by atoms with Crippen molar-refractivity contribution >= 4 is 17.5 Å². The maximum Gasteiger partial charge on any atom is 0.223 e. The maximum absolute atomic E-state index is 12.9. The van der Waals surface area contributed by atoms with E-state index in [1.54, 1.807) is 4.68 Å². The van der Waals surface area contributed by atoms with Crippen LogP contribution in [0.15, 0.2) is 48.3 Å². The molecular weight excluding hydrogens is 322 g/mol. The van der Waals surface area contributed by atoms with E-state index in [0.29, 0.717) is 24.4 Å². The summed E-state index contributed by atoms with van der Waals surface area (Å²) >= 11 is 6.04. The van der Waals surface area contributed by atoms with Crippen molar-refractivity contribution in [3.63, 3.8) is 0 Å². The third kappa shape index (κ3) is 3.70. The summed E-state index contributed by atoms with van der Waals surface area (Å²) in [5.74, 6) is 0.113. The summed E-state index contributed by atoms with van der Waals surface area (Å²) in [5.41, 5.74) is 3.64. The molecule has 0 aliphatic heterocycles. The lowest BCUT2D eigenvalue weighted by Gasteiger charge is -2.29. The summed E-state index contributed by atoms with van der Waals surface area (Å²) in [6.45, 7) is 4.18. The minimum atomic E-state index is 0.0955. The van der Waals surface area contributed by atoms with Gasteiger partial charge in [0.15, 0.2) is 0 Å². The molecule has 0 radical (unpaired) electrons. The normalized spacial score (nSPS) is 16.0. The number of fused-ring (bicyclic) bond motifs is 1. The molecule has 0 unspecified atom stereocenters. The first-order chi connectivity index (χ1) is 11.5. The minimum absolute atomic E-state index is 0.0955. The fraction of sp³-hybridized carbons (Fsp3) is 0.368. The Balaban J connectivity index is 1.74. The number of benzene rings is 1. The van der Waals surface area contributed by atoms with Gasteiger partial charge in [-0.25, -0.2) is 0 Å². The number of carbonyl (C=O) groups excluding carboxylic acids is 1. The first-order valence-corrected chi connectivity index (χ1v) is 8.60. The molecule has 0 bridgehead atoms. The maximum atomic E-state index is 12.9. The van der Waals surface area contributed by atoms with Crippen LogP contribution in [0.3, 0.4) is 0 Å². The molecule has 1 amide bonds. The van der Waals surface area contributed by atoms with Gasteiger partial charge in [-0.1, -0.05) is 42.4 Å². The van der Waals surface area contributed by atoms with E-state index in [9.17, 15) is 4.79 Å². The second-order valence-electron chi connectivity index (χ2n) is 6.31. The molecule has 24 heavy (non-hydrogen) atoms. The molecule has 5 heteroatoms. The summed E-state index contributed by atoms with van der Waals surface area (Å²) in [5, 5.41) is 4.65. The second kappa shape index (κ2) is 7.22. The zero-order valence-corrected chi connectivity index (χ0v) is 14.7. The Labute approximate surface area is 147 Å². The van der Waals surface area contributed by atoms with E-state index in [4.69, 9.17) is 11.6 Å². The fourth-order valence-corrected chi connectivity index (χ4v) is 3.54. The van der Waals surface area contributed by atoms with Crippen LogP contribution in [-0.2, 0) is 24.7 Å². The van der Waals surface area contributed by atoms with E-state index in [-0.39, 0.29) is 11.9 Å².